The van der Waals surface area contributed by atoms with E-state index in [2.05, 4.69) is 32.7 Å². The molecule has 0 N–H and O–H groups in total. The van der Waals surface area contributed by atoms with Gasteiger partial charge in [-0.2, -0.15) is 0 Å². The number of pyridine rings is 1. The second kappa shape index (κ2) is 9.41. The number of halogens is 4. The summed E-state index contributed by atoms with van der Waals surface area (Å²) in [6.07, 6.45) is 0. The van der Waals surface area contributed by atoms with E-state index in [-0.39, 0.29) is 34.4 Å². The van der Waals surface area contributed by atoms with Gasteiger partial charge in [0.05, 0.1) is 11.4 Å². The van der Waals surface area contributed by atoms with Crippen molar-refractivity contribution in [3.05, 3.63) is 101 Å². The Morgan fingerprint density at radius 1 is 0.588 bits per heavy atom. The van der Waals surface area contributed by atoms with Crippen LogP contribution >= 0.6 is 0 Å². The highest BCUT2D eigenvalue weighted by Crippen LogP contribution is 2.39. The molecule has 0 radical (unpaired) electrons. The predicted octanol–water partition coefficient (Wildman–Crippen LogP) is 8.89. The van der Waals surface area contributed by atoms with Crippen molar-refractivity contribution in [2.45, 2.75) is 39.5 Å². The summed E-state index contributed by atoms with van der Waals surface area (Å²) in [4.78, 5) is 4.50. The molecule has 4 aromatic rings. The largest absolute Gasteiger partial charge is 0.248 e. The number of nitrogens with zero attached hydrogens (tertiary/aromatic N) is 1. The second-order valence-electron chi connectivity index (χ2n) is 9.00. The van der Waals surface area contributed by atoms with Crippen molar-refractivity contribution < 1.29 is 17.6 Å². The van der Waals surface area contributed by atoms with E-state index in [0.29, 0.717) is 0 Å². The van der Waals surface area contributed by atoms with E-state index in [1.54, 1.807) is 12.1 Å². The average Bonchev–Trinajstić information content (AvgIpc) is 2.78. The average molecular weight is 464 g/mol. The van der Waals surface area contributed by atoms with E-state index >= 15 is 0 Å². The molecule has 0 aliphatic heterocycles. The van der Waals surface area contributed by atoms with Crippen LogP contribution in [0.5, 0.6) is 0 Å². The molecule has 0 saturated carbocycles. The fourth-order valence-electron chi connectivity index (χ4n) is 4.23. The van der Waals surface area contributed by atoms with Crippen LogP contribution in [0, 0.1) is 23.3 Å². The van der Waals surface area contributed by atoms with Gasteiger partial charge in [-0.1, -0.05) is 45.9 Å². The lowest BCUT2D eigenvalue weighted by molar-refractivity contribution is 0.585. The highest BCUT2D eigenvalue weighted by molar-refractivity contribution is 5.80. The molecule has 1 nitrogen and oxygen atoms in total. The molecule has 0 atom stereocenters. The molecule has 0 bridgehead atoms. The molecule has 34 heavy (non-hydrogen) atoms. The summed E-state index contributed by atoms with van der Waals surface area (Å²) in [5.74, 6) is -2.55. The van der Waals surface area contributed by atoms with Gasteiger partial charge in [0.15, 0.2) is 0 Å². The zero-order valence-corrected chi connectivity index (χ0v) is 19.5. The maximum atomic E-state index is 14.7. The summed E-state index contributed by atoms with van der Waals surface area (Å²) in [6.45, 7) is 8.35. The Labute approximate surface area is 197 Å². The zero-order chi connectivity index (χ0) is 24.6. The van der Waals surface area contributed by atoms with Gasteiger partial charge in [0.1, 0.15) is 23.3 Å². The van der Waals surface area contributed by atoms with Crippen molar-refractivity contribution in [1.29, 1.82) is 0 Å². The molecule has 1 heterocycles. The van der Waals surface area contributed by atoms with Crippen LogP contribution in [0.2, 0.25) is 0 Å². The molecule has 0 aliphatic carbocycles. The van der Waals surface area contributed by atoms with E-state index in [9.17, 15) is 17.6 Å². The first kappa shape index (κ1) is 23.7. The van der Waals surface area contributed by atoms with Gasteiger partial charge in [-0.3, -0.25) is 0 Å². The highest BCUT2D eigenvalue weighted by atomic mass is 19.1. The third-order valence-electron chi connectivity index (χ3n) is 5.90. The minimum absolute atomic E-state index is 0.0974. The van der Waals surface area contributed by atoms with Crippen LogP contribution in [-0.4, -0.2) is 4.98 Å². The Balaban J connectivity index is 2.07. The molecule has 5 heteroatoms. The van der Waals surface area contributed by atoms with Gasteiger partial charge in [-0.15, -0.1) is 0 Å². The summed E-state index contributed by atoms with van der Waals surface area (Å²) in [5.41, 5.74) is 4.56. The van der Waals surface area contributed by atoms with Crippen molar-refractivity contribution in [2.75, 3.05) is 0 Å². The van der Waals surface area contributed by atoms with Crippen LogP contribution in [0.3, 0.4) is 0 Å². The molecule has 0 saturated heterocycles. The van der Waals surface area contributed by atoms with Crippen LogP contribution < -0.4 is 0 Å². The molecule has 4 rings (SSSR count). The van der Waals surface area contributed by atoms with Crippen molar-refractivity contribution >= 4 is 0 Å². The Kier molecular flexibility index (Phi) is 6.56. The third-order valence-corrected chi connectivity index (χ3v) is 5.90. The first-order chi connectivity index (χ1) is 16.2. The molecule has 0 spiro atoms. The third kappa shape index (κ3) is 4.60. The van der Waals surface area contributed by atoms with Crippen LogP contribution in [0.15, 0.2) is 66.7 Å². The summed E-state index contributed by atoms with van der Waals surface area (Å²) in [6, 6.07) is 16.1. The van der Waals surface area contributed by atoms with Crippen molar-refractivity contribution in [1.82, 2.24) is 4.98 Å². The number of hydrogen-bond donors (Lipinski definition) is 0. The zero-order valence-electron chi connectivity index (χ0n) is 19.5. The lowest BCUT2D eigenvalue weighted by Crippen LogP contribution is -2.02. The molecule has 0 fully saturated rings. The van der Waals surface area contributed by atoms with Gasteiger partial charge in [0.25, 0.3) is 0 Å². The van der Waals surface area contributed by atoms with Gasteiger partial charge >= 0.3 is 0 Å². The minimum Gasteiger partial charge on any atom is -0.248 e. The molecule has 0 unspecified atom stereocenters. The highest BCUT2D eigenvalue weighted by Gasteiger charge is 2.20. The van der Waals surface area contributed by atoms with Crippen LogP contribution in [0.1, 0.15) is 50.7 Å². The van der Waals surface area contributed by atoms with E-state index in [4.69, 9.17) is 0 Å². The maximum absolute atomic E-state index is 14.7. The van der Waals surface area contributed by atoms with E-state index in [1.807, 2.05) is 18.2 Å². The fraction of sp³-hybridized carbons (Fsp3) is 0.207. The Hall–Kier alpha value is -3.47. The predicted molar refractivity (Wildman–Crippen MR) is 129 cm³/mol. The summed E-state index contributed by atoms with van der Waals surface area (Å²) >= 11 is 0. The van der Waals surface area contributed by atoms with Crippen LogP contribution in [-0.2, 0) is 0 Å². The molecule has 0 amide bonds. The molecule has 0 aliphatic rings. The van der Waals surface area contributed by atoms with Gasteiger partial charge in [-0.05, 0) is 70.5 Å². The first-order valence-corrected chi connectivity index (χ1v) is 11.2. The standard InChI is InChI=1S/C29H25F4N/c1-16(2)21-6-5-7-22(17(3)4)29(21)18-12-27(23-10-8-19(30)14-25(23)32)34-28(13-18)24-11-9-20(31)15-26(24)33/h5-17H,1-4H3. The number of aromatic nitrogens is 1. The Morgan fingerprint density at radius 3 is 1.41 bits per heavy atom. The van der Waals surface area contributed by atoms with E-state index in [0.717, 1.165) is 46.5 Å². The van der Waals surface area contributed by atoms with E-state index in [1.165, 1.54) is 12.1 Å². The van der Waals surface area contributed by atoms with Gasteiger partial charge in [0.2, 0.25) is 0 Å². The molecular formula is C29H25F4N. The summed E-state index contributed by atoms with van der Waals surface area (Å²) < 4.78 is 56.7. The molecule has 174 valence electrons. The lowest BCUT2D eigenvalue weighted by Gasteiger charge is -2.21. The smallest absolute Gasteiger partial charge is 0.135 e. The van der Waals surface area contributed by atoms with Crippen molar-refractivity contribution in [3.8, 4) is 33.6 Å². The summed E-state index contributed by atoms with van der Waals surface area (Å²) in [7, 11) is 0. The lowest BCUT2D eigenvalue weighted by atomic mass is 9.84. The SMILES string of the molecule is CC(C)c1cccc(C(C)C)c1-c1cc(-c2ccc(F)cc2F)nc(-c2ccc(F)cc2F)c1. The van der Waals surface area contributed by atoms with Crippen LogP contribution in [0.25, 0.3) is 33.6 Å². The molecule has 3 aromatic carbocycles. The quantitative estimate of drug-likeness (QED) is 0.269. The maximum Gasteiger partial charge on any atom is 0.135 e. The molecular weight excluding hydrogens is 438 g/mol. The van der Waals surface area contributed by atoms with Gasteiger partial charge in [-0.25, -0.2) is 22.5 Å². The summed E-state index contributed by atoms with van der Waals surface area (Å²) in [5, 5.41) is 0. The number of hydrogen-bond acceptors (Lipinski definition) is 1. The van der Waals surface area contributed by atoms with Gasteiger partial charge in [0, 0.05) is 23.3 Å². The fourth-order valence-corrected chi connectivity index (χ4v) is 4.23. The topological polar surface area (TPSA) is 12.9 Å². The second-order valence-corrected chi connectivity index (χ2v) is 9.00. The van der Waals surface area contributed by atoms with Crippen molar-refractivity contribution in [2.24, 2.45) is 0 Å². The minimum atomic E-state index is -0.767. The number of benzene rings is 3. The first-order valence-electron chi connectivity index (χ1n) is 11.2. The van der Waals surface area contributed by atoms with Crippen LogP contribution in [0.4, 0.5) is 17.6 Å². The molecule has 1 aromatic heterocycles. The monoisotopic (exact) mass is 463 g/mol. The Morgan fingerprint density at radius 2 is 1.03 bits per heavy atom. The van der Waals surface area contributed by atoms with Crippen molar-refractivity contribution in [3.63, 3.8) is 0 Å². The van der Waals surface area contributed by atoms with E-state index < -0.39 is 23.3 Å². The Bertz CT molecular complexity index is 1260. The normalized spacial score (nSPS) is 11.5. The van der Waals surface area contributed by atoms with Gasteiger partial charge < -0.3 is 0 Å². The number of rotatable bonds is 5.